The molecule has 30 heavy (non-hydrogen) atoms. The van der Waals surface area contributed by atoms with Gasteiger partial charge in [0.2, 0.25) is 5.91 Å². The lowest BCUT2D eigenvalue weighted by atomic mass is 9.75. The van der Waals surface area contributed by atoms with Crippen molar-refractivity contribution in [3.8, 4) is 12.1 Å². The molecule has 0 spiro atoms. The van der Waals surface area contributed by atoms with Crippen LogP contribution in [-0.2, 0) is 9.59 Å². The van der Waals surface area contributed by atoms with Gasteiger partial charge in [-0.05, 0) is 47.5 Å². The van der Waals surface area contributed by atoms with Crippen LogP contribution in [0.5, 0.6) is 0 Å². The Kier molecular flexibility index (Phi) is 6.20. The standard InChI is InChI=1S/C24H18FN3O2/c1-15(29)22(24(30)28-21-10-8-20(25)9-11-21)23(19(13-26)14-27)18-7-6-16-4-2-3-5-17(16)12-18/h2-12,19,22-23H,1H3,(H,28,30)/t22-,23-/m1/s1. The predicted octanol–water partition coefficient (Wildman–Crippen LogP) is 4.57. The van der Waals surface area contributed by atoms with Gasteiger partial charge in [0.25, 0.3) is 0 Å². The largest absolute Gasteiger partial charge is 0.325 e. The van der Waals surface area contributed by atoms with Gasteiger partial charge >= 0.3 is 0 Å². The number of ketones is 1. The van der Waals surface area contributed by atoms with E-state index in [0.717, 1.165) is 10.8 Å². The van der Waals surface area contributed by atoms with Gasteiger partial charge in [0.05, 0.1) is 12.1 Å². The van der Waals surface area contributed by atoms with E-state index in [9.17, 15) is 24.5 Å². The number of hydrogen-bond donors (Lipinski definition) is 1. The summed E-state index contributed by atoms with van der Waals surface area (Å²) in [5.41, 5.74) is 0.867. The van der Waals surface area contributed by atoms with Crippen molar-refractivity contribution < 1.29 is 14.0 Å². The molecule has 0 bridgehead atoms. The third kappa shape index (κ3) is 4.34. The number of nitriles is 2. The van der Waals surface area contributed by atoms with E-state index in [-0.39, 0.29) is 0 Å². The highest BCUT2D eigenvalue weighted by molar-refractivity contribution is 6.07. The van der Waals surface area contributed by atoms with E-state index in [1.807, 2.05) is 42.5 Å². The number of amides is 1. The predicted molar refractivity (Wildman–Crippen MR) is 111 cm³/mol. The molecular formula is C24H18FN3O2. The van der Waals surface area contributed by atoms with Crippen LogP contribution in [0.2, 0.25) is 0 Å². The first-order chi connectivity index (χ1) is 14.4. The van der Waals surface area contributed by atoms with Crippen LogP contribution in [0.15, 0.2) is 66.7 Å². The van der Waals surface area contributed by atoms with E-state index in [4.69, 9.17) is 0 Å². The molecule has 148 valence electrons. The van der Waals surface area contributed by atoms with Crippen molar-refractivity contribution in [2.75, 3.05) is 5.32 Å². The molecule has 0 saturated heterocycles. The molecule has 0 aromatic heterocycles. The first kappa shape index (κ1) is 20.7. The summed E-state index contributed by atoms with van der Waals surface area (Å²) in [5.74, 6) is -5.01. The van der Waals surface area contributed by atoms with Crippen LogP contribution >= 0.6 is 0 Å². The Bertz CT molecular complexity index is 1160. The Labute approximate surface area is 173 Å². The summed E-state index contributed by atoms with van der Waals surface area (Å²) in [6, 6.07) is 21.9. The fourth-order valence-corrected chi connectivity index (χ4v) is 3.54. The maximum Gasteiger partial charge on any atom is 0.235 e. The van der Waals surface area contributed by atoms with Gasteiger partial charge in [0.1, 0.15) is 23.4 Å². The van der Waals surface area contributed by atoms with Gasteiger partial charge in [-0.25, -0.2) is 4.39 Å². The lowest BCUT2D eigenvalue weighted by Crippen LogP contribution is -2.36. The van der Waals surface area contributed by atoms with E-state index < -0.39 is 35.3 Å². The second-order valence-corrected chi connectivity index (χ2v) is 6.95. The van der Waals surface area contributed by atoms with Crippen molar-refractivity contribution >= 4 is 28.2 Å². The van der Waals surface area contributed by atoms with Crippen LogP contribution in [0.25, 0.3) is 10.8 Å². The number of halogens is 1. The van der Waals surface area contributed by atoms with Gasteiger partial charge in [0.15, 0.2) is 0 Å². The Morgan fingerprint density at radius 2 is 1.57 bits per heavy atom. The second-order valence-electron chi connectivity index (χ2n) is 6.95. The van der Waals surface area contributed by atoms with E-state index in [1.54, 1.807) is 12.1 Å². The topological polar surface area (TPSA) is 93.8 Å². The van der Waals surface area contributed by atoms with Crippen LogP contribution in [-0.4, -0.2) is 11.7 Å². The zero-order valence-corrected chi connectivity index (χ0v) is 16.2. The second kappa shape index (κ2) is 8.98. The van der Waals surface area contributed by atoms with E-state index in [1.165, 1.54) is 31.2 Å². The summed E-state index contributed by atoms with van der Waals surface area (Å²) in [6.45, 7) is 1.26. The summed E-state index contributed by atoms with van der Waals surface area (Å²) >= 11 is 0. The Morgan fingerprint density at radius 1 is 0.933 bits per heavy atom. The number of Topliss-reactive ketones (excluding diaryl/α,β-unsaturated/α-hetero) is 1. The number of rotatable bonds is 6. The number of carbonyl (C=O) groups excluding carboxylic acids is 2. The number of anilines is 1. The van der Waals surface area contributed by atoms with Crippen LogP contribution in [0, 0.1) is 40.3 Å². The molecular weight excluding hydrogens is 381 g/mol. The van der Waals surface area contributed by atoms with E-state index >= 15 is 0 Å². The van der Waals surface area contributed by atoms with Gasteiger partial charge < -0.3 is 5.32 Å². The first-order valence-corrected chi connectivity index (χ1v) is 9.29. The van der Waals surface area contributed by atoms with Gasteiger partial charge in [0, 0.05) is 11.6 Å². The first-order valence-electron chi connectivity index (χ1n) is 9.29. The van der Waals surface area contributed by atoms with Crippen molar-refractivity contribution in [3.05, 3.63) is 78.1 Å². The monoisotopic (exact) mass is 399 g/mol. The molecule has 0 aliphatic rings. The Hall–Kier alpha value is -4.03. The number of nitrogens with zero attached hydrogens (tertiary/aromatic N) is 2. The maximum absolute atomic E-state index is 13.1. The molecule has 3 aromatic carbocycles. The molecule has 2 atom stereocenters. The summed E-state index contributed by atoms with van der Waals surface area (Å²) in [4.78, 5) is 25.5. The van der Waals surface area contributed by atoms with Crippen LogP contribution in [0.1, 0.15) is 18.4 Å². The quantitative estimate of drug-likeness (QED) is 0.615. The summed E-state index contributed by atoms with van der Waals surface area (Å²) in [5, 5.41) is 23.5. The minimum absolute atomic E-state index is 0.315. The zero-order valence-electron chi connectivity index (χ0n) is 16.2. The molecule has 0 fully saturated rings. The third-order valence-electron chi connectivity index (χ3n) is 4.99. The molecule has 3 rings (SSSR count). The van der Waals surface area contributed by atoms with Crippen LogP contribution in [0.3, 0.4) is 0 Å². The molecule has 0 aliphatic heterocycles. The molecule has 0 aliphatic carbocycles. The molecule has 0 saturated carbocycles. The van der Waals surface area contributed by atoms with Crippen molar-refractivity contribution in [3.63, 3.8) is 0 Å². The van der Waals surface area contributed by atoms with Crippen LogP contribution < -0.4 is 5.32 Å². The fourth-order valence-electron chi connectivity index (χ4n) is 3.54. The summed E-state index contributed by atoms with van der Waals surface area (Å²) < 4.78 is 13.1. The highest BCUT2D eigenvalue weighted by atomic mass is 19.1. The van der Waals surface area contributed by atoms with Crippen molar-refractivity contribution in [1.82, 2.24) is 0 Å². The van der Waals surface area contributed by atoms with Gasteiger partial charge in [-0.1, -0.05) is 42.5 Å². The highest BCUT2D eigenvalue weighted by Crippen LogP contribution is 2.35. The number of benzene rings is 3. The van der Waals surface area contributed by atoms with Crippen LogP contribution in [0.4, 0.5) is 10.1 Å². The van der Waals surface area contributed by atoms with Crippen molar-refractivity contribution in [2.45, 2.75) is 12.8 Å². The molecule has 6 heteroatoms. The average molecular weight is 399 g/mol. The summed E-state index contributed by atoms with van der Waals surface area (Å²) in [6.07, 6.45) is 0. The smallest absolute Gasteiger partial charge is 0.235 e. The Balaban J connectivity index is 2.05. The lowest BCUT2D eigenvalue weighted by molar-refractivity contribution is -0.131. The number of fused-ring (bicyclic) bond motifs is 1. The fraction of sp³-hybridized carbons (Fsp3) is 0.167. The average Bonchev–Trinajstić information content (AvgIpc) is 2.74. The minimum atomic E-state index is -1.26. The lowest BCUT2D eigenvalue weighted by Gasteiger charge is -2.26. The van der Waals surface area contributed by atoms with Gasteiger partial charge in [-0.2, -0.15) is 10.5 Å². The molecule has 0 unspecified atom stereocenters. The molecule has 0 radical (unpaired) electrons. The highest BCUT2D eigenvalue weighted by Gasteiger charge is 2.39. The SMILES string of the molecule is CC(=O)[C@@H](C(=O)Nc1ccc(F)cc1)[C@H](c1ccc2ccccc2c1)C(C#N)C#N. The van der Waals surface area contributed by atoms with Crippen molar-refractivity contribution in [1.29, 1.82) is 10.5 Å². The van der Waals surface area contributed by atoms with Crippen molar-refractivity contribution in [2.24, 2.45) is 11.8 Å². The summed E-state index contributed by atoms with van der Waals surface area (Å²) in [7, 11) is 0. The molecule has 5 nitrogen and oxygen atoms in total. The molecule has 3 aromatic rings. The number of hydrogen-bond acceptors (Lipinski definition) is 4. The Morgan fingerprint density at radius 3 is 2.17 bits per heavy atom. The third-order valence-corrected chi connectivity index (χ3v) is 4.99. The van der Waals surface area contributed by atoms with E-state index in [0.29, 0.717) is 11.3 Å². The molecule has 1 N–H and O–H groups in total. The minimum Gasteiger partial charge on any atom is -0.325 e. The number of nitrogens with one attached hydrogen (secondary N) is 1. The van der Waals surface area contributed by atoms with E-state index in [2.05, 4.69) is 5.32 Å². The molecule has 1 amide bonds. The maximum atomic E-state index is 13.1. The van der Waals surface area contributed by atoms with Gasteiger partial charge in [-0.3, -0.25) is 9.59 Å². The normalized spacial score (nSPS) is 12.6. The zero-order chi connectivity index (χ0) is 21.7. The molecule has 0 heterocycles. The van der Waals surface area contributed by atoms with Gasteiger partial charge in [-0.15, -0.1) is 0 Å². The number of carbonyl (C=O) groups is 2.